The van der Waals surface area contributed by atoms with Crippen LogP contribution in [0.2, 0.25) is 0 Å². The Morgan fingerprint density at radius 1 is 0.418 bits per heavy atom. The molecule has 0 spiro atoms. The third kappa shape index (κ3) is 44.0. The second-order valence-corrected chi connectivity index (χ2v) is 19.3. The normalized spacial score (nSPS) is 12.7. The van der Waals surface area contributed by atoms with Crippen molar-refractivity contribution in [3.05, 3.63) is 36.5 Å². The van der Waals surface area contributed by atoms with Crippen LogP contribution < -0.4 is 0 Å². The minimum absolute atomic E-state index is 0.0191. The van der Waals surface area contributed by atoms with E-state index in [2.05, 4.69) is 69.1 Å². The Labute approximate surface area is 413 Å². The lowest BCUT2D eigenvalue weighted by atomic mass is 10.1. The summed E-state index contributed by atoms with van der Waals surface area (Å²) in [6, 6.07) is -0.649. The fourth-order valence-corrected chi connectivity index (χ4v) is 8.22. The summed E-state index contributed by atoms with van der Waals surface area (Å²) in [7, 11) is 3.97. The van der Waals surface area contributed by atoms with Gasteiger partial charge < -0.3 is 24.0 Å². The van der Waals surface area contributed by atoms with Gasteiger partial charge in [0.25, 0.3) is 0 Å². The molecule has 1 amide bonds. The molecule has 0 saturated heterocycles. The first-order chi connectivity index (χ1) is 32.7. The molecule has 0 aromatic carbocycles. The summed E-state index contributed by atoms with van der Waals surface area (Å²) in [5.41, 5.74) is 0. The molecule has 0 N–H and O–H groups in total. The SMILES string of the molecule is CCCCC/C=C\C/C=C\CCCCCCCC(=O)OCC(COC(=O)CCCCCCC/C=C\CCCCCCCC)N(CCCN(C)C)C(=O)CCC(=O)OC(CCC)CCCCCC. The molecule has 0 aromatic heterocycles. The maximum atomic E-state index is 14.0. The molecule has 390 valence electrons. The zero-order chi connectivity index (χ0) is 49.3. The van der Waals surface area contributed by atoms with Crippen molar-refractivity contribution in [3.63, 3.8) is 0 Å². The Morgan fingerprint density at radius 2 is 0.851 bits per heavy atom. The summed E-state index contributed by atoms with van der Waals surface area (Å²) in [4.78, 5) is 56.9. The lowest BCUT2D eigenvalue weighted by Crippen LogP contribution is -2.47. The van der Waals surface area contributed by atoms with Crippen molar-refractivity contribution >= 4 is 23.8 Å². The minimum atomic E-state index is -0.649. The van der Waals surface area contributed by atoms with Gasteiger partial charge in [-0.1, -0.05) is 173 Å². The average Bonchev–Trinajstić information content (AvgIpc) is 3.31. The molecule has 0 fully saturated rings. The second kappa shape index (κ2) is 49.5. The van der Waals surface area contributed by atoms with Crippen LogP contribution in [0.25, 0.3) is 0 Å². The van der Waals surface area contributed by atoms with Crippen LogP contribution in [-0.4, -0.2) is 86.2 Å². The van der Waals surface area contributed by atoms with Crippen LogP contribution in [0.5, 0.6) is 0 Å². The van der Waals surface area contributed by atoms with Crippen molar-refractivity contribution in [1.29, 1.82) is 0 Å². The van der Waals surface area contributed by atoms with E-state index in [4.69, 9.17) is 14.2 Å². The van der Waals surface area contributed by atoms with E-state index in [9.17, 15) is 19.2 Å². The summed E-state index contributed by atoms with van der Waals surface area (Å²) < 4.78 is 17.5. The molecule has 0 aromatic rings. The number of ether oxygens (including phenoxy) is 3. The van der Waals surface area contributed by atoms with E-state index in [0.717, 1.165) is 122 Å². The Balaban J connectivity index is 5.25. The van der Waals surface area contributed by atoms with Crippen LogP contribution in [0.1, 0.15) is 259 Å². The molecule has 2 atom stereocenters. The van der Waals surface area contributed by atoms with Crippen LogP contribution in [0, 0.1) is 0 Å². The molecular weight excluding hydrogens is 837 g/mol. The van der Waals surface area contributed by atoms with Gasteiger partial charge in [-0.15, -0.1) is 0 Å². The van der Waals surface area contributed by atoms with Crippen molar-refractivity contribution in [2.24, 2.45) is 0 Å². The highest BCUT2D eigenvalue weighted by molar-refractivity contribution is 5.82. The Bertz CT molecular complexity index is 1250. The molecule has 0 aliphatic rings. The third-order valence-electron chi connectivity index (χ3n) is 12.4. The van der Waals surface area contributed by atoms with Gasteiger partial charge in [-0.25, -0.2) is 0 Å². The van der Waals surface area contributed by atoms with Crippen LogP contribution >= 0.6 is 0 Å². The van der Waals surface area contributed by atoms with E-state index in [1.54, 1.807) is 4.90 Å². The van der Waals surface area contributed by atoms with E-state index in [0.29, 0.717) is 25.8 Å². The van der Waals surface area contributed by atoms with Crippen molar-refractivity contribution in [1.82, 2.24) is 9.80 Å². The molecule has 0 aliphatic heterocycles. The predicted octanol–water partition coefficient (Wildman–Crippen LogP) is 15.5. The highest BCUT2D eigenvalue weighted by Crippen LogP contribution is 2.17. The molecule has 9 heteroatoms. The van der Waals surface area contributed by atoms with Crippen LogP contribution in [0.3, 0.4) is 0 Å². The van der Waals surface area contributed by atoms with Gasteiger partial charge in [0.1, 0.15) is 19.3 Å². The van der Waals surface area contributed by atoms with Gasteiger partial charge in [-0.3, -0.25) is 19.2 Å². The molecule has 0 saturated carbocycles. The highest BCUT2D eigenvalue weighted by Gasteiger charge is 2.27. The smallest absolute Gasteiger partial charge is 0.306 e. The Kier molecular flexibility index (Phi) is 47.3. The van der Waals surface area contributed by atoms with Crippen LogP contribution in [0.4, 0.5) is 0 Å². The molecule has 67 heavy (non-hydrogen) atoms. The van der Waals surface area contributed by atoms with Gasteiger partial charge in [0.2, 0.25) is 5.91 Å². The first-order valence-corrected chi connectivity index (χ1v) is 28.1. The zero-order valence-electron chi connectivity index (χ0n) is 44.7. The van der Waals surface area contributed by atoms with E-state index < -0.39 is 6.04 Å². The number of hydrogen-bond donors (Lipinski definition) is 0. The Morgan fingerprint density at radius 3 is 1.34 bits per heavy atom. The first kappa shape index (κ1) is 64.1. The van der Waals surface area contributed by atoms with Crippen molar-refractivity contribution in [2.75, 3.05) is 40.4 Å². The van der Waals surface area contributed by atoms with E-state index in [-0.39, 0.29) is 56.0 Å². The van der Waals surface area contributed by atoms with Gasteiger partial charge in [-0.2, -0.15) is 0 Å². The van der Waals surface area contributed by atoms with Gasteiger partial charge in [0.15, 0.2) is 0 Å². The second-order valence-electron chi connectivity index (χ2n) is 19.3. The maximum absolute atomic E-state index is 14.0. The van der Waals surface area contributed by atoms with Crippen molar-refractivity contribution < 1.29 is 33.4 Å². The molecule has 0 heterocycles. The molecule has 0 rings (SSSR count). The molecule has 0 aliphatic carbocycles. The van der Waals surface area contributed by atoms with E-state index in [1.165, 1.54) is 83.5 Å². The molecule has 9 nitrogen and oxygen atoms in total. The summed E-state index contributed by atoms with van der Waals surface area (Å²) in [5, 5.41) is 0. The fraction of sp³-hybridized carbons (Fsp3) is 0.828. The number of esters is 3. The van der Waals surface area contributed by atoms with Gasteiger partial charge in [0, 0.05) is 25.8 Å². The third-order valence-corrected chi connectivity index (χ3v) is 12.4. The number of amides is 1. The standard InChI is InChI=1S/C58H106N2O7/c1-7-11-14-17-19-21-23-25-27-29-31-33-35-37-40-45-56(62)65-51-53(52-66-57(63)46-41-38-36-34-32-30-28-26-24-22-20-18-15-12-8-2)60(50-42-49-59(5)6)55(61)47-48-58(64)67-54(43-10-4)44-39-16-13-9-3/h19,21,25-28,53-54H,7-18,20,22-24,29-52H2,1-6H3/b21-19-,27-25-,28-26-. The Hall–Kier alpha value is -2.94. The molecule has 0 bridgehead atoms. The molecular formula is C58H106N2O7. The van der Waals surface area contributed by atoms with E-state index in [1.807, 2.05) is 14.1 Å². The number of rotatable bonds is 49. The van der Waals surface area contributed by atoms with Gasteiger partial charge in [-0.05, 0) is 117 Å². The summed E-state index contributed by atoms with van der Waals surface area (Å²) in [5.74, 6) is -1.19. The van der Waals surface area contributed by atoms with Crippen molar-refractivity contribution in [3.8, 4) is 0 Å². The summed E-state index contributed by atoms with van der Waals surface area (Å²) >= 11 is 0. The first-order valence-electron chi connectivity index (χ1n) is 28.1. The number of carbonyl (C=O) groups excluding carboxylic acids is 4. The lowest BCUT2D eigenvalue weighted by molar-refractivity contribution is -0.155. The average molecular weight is 943 g/mol. The number of carbonyl (C=O) groups is 4. The fourth-order valence-electron chi connectivity index (χ4n) is 8.22. The highest BCUT2D eigenvalue weighted by atomic mass is 16.6. The summed E-state index contributed by atoms with van der Waals surface area (Å²) in [6.45, 7) is 9.79. The number of allylic oxidation sites excluding steroid dienone is 6. The number of hydrogen-bond acceptors (Lipinski definition) is 8. The largest absolute Gasteiger partial charge is 0.463 e. The molecule has 0 radical (unpaired) electrons. The van der Waals surface area contributed by atoms with Crippen molar-refractivity contribution in [2.45, 2.75) is 271 Å². The quantitative estimate of drug-likeness (QED) is 0.0257. The lowest BCUT2D eigenvalue weighted by Gasteiger charge is -2.32. The van der Waals surface area contributed by atoms with Crippen LogP contribution in [-0.2, 0) is 33.4 Å². The maximum Gasteiger partial charge on any atom is 0.306 e. The van der Waals surface area contributed by atoms with Gasteiger partial charge >= 0.3 is 17.9 Å². The minimum Gasteiger partial charge on any atom is -0.463 e. The predicted molar refractivity (Wildman–Crippen MR) is 282 cm³/mol. The number of nitrogens with zero attached hydrogens (tertiary/aromatic N) is 2. The van der Waals surface area contributed by atoms with E-state index >= 15 is 0 Å². The zero-order valence-corrected chi connectivity index (χ0v) is 44.7. The topological polar surface area (TPSA) is 102 Å². The molecule has 2 unspecified atom stereocenters. The van der Waals surface area contributed by atoms with Crippen LogP contribution in [0.15, 0.2) is 36.5 Å². The monoisotopic (exact) mass is 943 g/mol. The number of unbranched alkanes of at least 4 members (excludes halogenated alkanes) is 22. The summed E-state index contributed by atoms with van der Waals surface area (Å²) in [6.07, 6.45) is 49.5. The van der Waals surface area contributed by atoms with Gasteiger partial charge in [0.05, 0.1) is 12.5 Å².